The molecule has 114 valence electrons. The van der Waals surface area contributed by atoms with Crippen molar-refractivity contribution in [3.63, 3.8) is 0 Å². The number of nitriles is 1. The molecule has 1 fully saturated rings. The summed E-state index contributed by atoms with van der Waals surface area (Å²) in [7, 11) is -0.206. The molecule has 0 aliphatic carbocycles. The Kier molecular flexibility index (Phi) is 5.56. The lowest BCUT2D eigenvalue weighted by molar-refractivity contribution is -0.155. The molecular weight excluding hydrogens is 270 g/mol. The lowest BCUT2D eigenvalue weighted by atomic mass is 9.98. The topological polar surface area (TPSA) is 51.5 Å². The molecule has 5 heteroatoms. The molecule has 1 rings (SSSR count). The van der Waals surface area contributed by atoms with Crippen molar-refractivity contribution in [2.24, 2.45) is 0 Å². The molecule has 4 nitrogen and oxygen atoms in total. The number of hydrogen-bond acceptors (Lipinski definition) is 4. The van der Waals surface area contributed by atoms with Crippen LogP contribution in [0.1, 0.15) is 34.1 Å². The third kappa shape index (κ3) is 3.92. The van der Waals surface area contributed by atoms with Crippen LogP contribution in [0.15, 0.2) is 11.6 Å². The second-order valence-corrected chi connectivity index (χ2v) is 11.6. The van der Waals surface area contributed by atoms with Gasteiger partial charge in [0.25, 0.3) is 0 Å². The molecule has 0 radical (unpaired) electrons. The molecule has 1 aliphatic rings. The molecule has 0 aromatic rings. The molecule has 0 amide bonds. The van der Waals surface area contributed by atoms with Gasteiger partial charge < -0.3 is 13.9 Å². The van der Waals surface area contributed by atoms with E-state index < -0.39 is 8.32 Å². The molecule has 1 saturated heterocycles. The Labute approximate surface area is 123 Å². The highest BCUT2D eigenvalue weighted by Crippen LogP contribution is 2.39. The van der Waals surface area contributed by atoms with Crippen molar-refractivity contribution in [1.29, 1.82) is 5.26 Å². The molecule has 0 saturated carbocycles. The molecule has 0 aromatic heterocycles. The van der Waals surface area contributed by atoms with Crippen molar-refractivity contribution in [2.45, 2.75) is 70.7 Å². The van der Waals surface area contributed by atoms with Gasteiger partial charge in [0.15, 0.2) is 14.6 Å². The first-order valence-electron chi connectivity index (χ1n) is 7.08. The van der Waals surface area contributed by atoms with Gasteiger partial charge in [0.2, 0.25) is 0 Å². The van der Waals surface area contributed by atoms with E-state index in [4.69, 9.17) is 19.2 Å². The van der Waals surface area contributed by atoms with Crippen LogP contribution in [0.4, 0.5) is 0 Å². The van der Waals surface area contributed by atoms with Crippen LogP contribution < -0.4 is 0 Å². The highest BCUT2D eigenvalue weighted by molar-refractivity contribution is 6.74. The number of ether oxygens (including phenoxy) is 2. The number of hydrogen-bond donors (Lipinski definition) is 0. The second-order valence-electron chi connectivity index (χ2n) is 6.82. The monoisotopic (exact) mass is 297 g/mol. The Balaban J connectivity index is 2.83. The van der Waals surface area contributed by atoms with E-state index in [0.717, 1.165) is 5.57 Å². The van der Waals surface area contributed by atoms with E-state index in [0.29, 0.717) is 6.42 Å². The minimum Gasteiger partial charge on any atom is -0.392 e. The summed E-state index contributed by atoms with van der Waals surface area (Å²) in [6.07, 6.45) is 1.66. The van der Waals surface area contributed by atoms with Gasteiger partial charge in [0.1, 0.15) is 0 Å². The minimum atomic E-state index is -1.87. The van der Waals surface area contributed by atoms with Crippen LogP contribution in [0.5, 0.6) is 0 Å². The molecule has 20 heavy (non-hydrogen) atoms. The summed E-state index contributed by atoms with van der Waals surface area (Å²) in [6, 6.07) is 2.07. The van der Waals surface area contributed by atoms with Crippen LogP contribution in [0.25, 0.3) is 0 Å². The van der Waals surface area contributed by atoms with E-state index in [1.54, 1.807) is 7.11 Å². The van der Waals surface area contributed by atoms with Crippen LogP contribution in [0, 0.1) is 11.3 Å². The van der Waals surface area contributed by atoms with Gasteiger partial charge in [-0.25, -0.2) is 0 Å². The van der Waals surface area contributed by atoms with Gasteiger partial charge >= 0.3 is 0 Å². The molecule has 1 aliphatic heterocycles. The first kappa shape index (κ1) is 17.4. The predicted molar refractivity (Wildman–Crippen MR) is 81.7 cm³/mol. The van der Waals surface area contributed by atoms with Crippen molar-refractivity contribution in [3.05, 3.63) is 11.6 Å². The number of methoxy groups -OCH3 is 1. The van der Waals surface area contributed by atoms with Crippen LogP contribution >= 0.6 is 0 Å². The van der Waals surface area contributed by atoms with E-state index in [-0.39, 0.29) is 23.5 Å². The van der Waals surface area contributed by atoms with E-state index in [1.807, 2.05) is 6.92 Å². The summed E-state index contributed by atoms with van der Waals surface area (Å²) in [5.74, 6) is 0. The Morgan fingerprint density at radius 1 is 1.40 bits per heavy atom. The molecule has 0 unspecified atom stereocenters. The summed E-state index contributed by atoms with van der Waals surface area (Å²) >= 11 is 0. The normalized spacial score (nSPS) is 30.3. The fraction of sp³-hybridized carbons (Fsp3) is 0.800. The zero-order valence-corrected chi connectivity index (χ0v) is 14.7. The first-order chi connectivity index (χ1) is 9.12. The second kappa shape index (κ2) is 6.40. The Morgan fingerprint density at radius 3 is 2.45 bits per heavy atom. The van der Waals surface area contributed by atoms with E-state index in [2.05, 4.69) is 39.9 Å². The third-order valence-corrected chi connectivity index (χ3v) is 8.82. The smallest absolute Gasteiger partial charge is 0.195 e. The maximum atomic E-state index is 8.85. The quantitative estimate of drug-likeness (QED) is 0.590. The summed E-state index contributed by atoms with van der Waals surface area (Å²) in [4.78, 5) is 0. The fourth-order valence-electron chi connectivity index (χ4n) is 2.03. The average molecular weight is 297 g/mol. The summed E-state index contributed by atoms with van der Waals surface area (Å²) in [6.45, 7) is 13.0. The molecule has 0 N–H and O–H groups in total. The van der Waals surface area contributed by atoms with Crippen LogP contribution in [0.2, 0.25) is 18.1 Å². The van der Waals surface area contributed by atoms with Gasteiger partial charge in [-0.05, 0) is 30.6 Å². The van der Waals surface area contributed by atoms with E-state index >= 15 is 0 Å². The van der Waals surface area contributed by atoms with Crippen LogP contribution in [-0.2, 0) is 13.9 Å². The molecule has 0 spiro atoms. The minimum absolute atomic E-state index is 0.104. The lowest BCUT2D eigenvalue weighted by Gasteiger charge is -2.43. The highest BCUT2D eigenvalue weighted by Gasteiger charge is 2.42. The van der Waals surface area contributed by atoms with Gasteiger partial charge in [-0.1, -0.05) is 20.8 Å². The maximum absolute atomic E-state index is 8.85. The number of nitrogens with zero attached hydrogens (tertiary/aromatic N) is 1. The van der Waals surface area contributed by atoms with Crippen molar-refractivity contribution in [2.75, 3.05) is 7.11 Å². The summed E-state index contributed by atoms with van der Waals surface area (Å²) in [5, 5.41) is 8.99. The van der Waals surface area contributed by atoms with Crippen molar-refractivity contribution >= 4 is 8.32 Å². The van der Waals surface area contributed by atoms with Gasteiger partial charge in [-0.2, -0.15) is 5.26 Å². The van der Waals surface area contributed by atoms with Crippen molar-refractivity contribution in [1.82, 2.24) is 0 Å². The fourth-order valence-corrected chi connectivity index (χ4v) is 3.20. The van der Waals surface area contributed by atoms with E-state index in [1.165, 1.54) is 6.08 Å². The molecule has 1 heterocycles. The highest BCUT2D eigenvalue weighted by atomic mass is 28.4. The van der Waals surface area contributed by atoms with Crippen molar-refractivity contribution < 1.29 is 13.9 Å². The van der Waals surface area contributed by atoms with Gasteiger partial charge in [-0.15, -0.1) is 0 Å². The van der Waals surface area contributed by atoms with Crippen LogP contribution in [-0.4, -0.2) is 33.9 Å². The molecular formula is C15H27NO3Si. The zero-order chi connectivity index (χ0) is 15.6. The molecule has 3 atom stereocenters. The lowest BCUT2D eigenvalue weighted by Crippen LogP contribution is -2.48. The Morgan fingerprint density at radius 2 is 2.00 bits per heavy atom. The SMILES string of the molecule is CO[C@H]1C[C@H](O[Si](C)(C)C(C)(C)C)O[C@@H](C)/C1=C\C#N. The summed E-state index contributed by atoms with van der Waals surface area (Å²) in [5.41, 5.74) is 0.894. The Bertz CT molecular complexity index is 406. The Hall–Kier alpha value is -0.673. The molecule has 0 aromatic carbocycles. The van der Waals surface area contributed by atoms with Crippen LogP contribution in [0.3, 0.4) is 0 Å². The average Bonchev–Trinajstić information content (AvgIpc) is 2.30. The number of allylic oxidation sites excluding steroid dienone is 1. The first-order valence-corrected chi connectivity index (χ1v) is 9.99. The standard InChI is InChI=1S/C15H27NO3Si/c1-11-12(8-9-16)13(17-5)10-14(18-11)19-20(6,7)15(2,3)4/h8,11,13-14H,10H2,1-7H3/b12-8+/t11-,13-,14-/m0/s1. The summed E-state index contributed by atoms with van der Waals surface area (Å²) < 4.78 is 17.7. The van der Waals surface area contributed by atoms with Gasteiger partial charge in [0.05, 0.1) is 18.3 Å². The van der Waals surface area contributed by atoms with Gasteiger partial charge in [0, 0.05) is 19.6 Å². The predicted octanol–water partition coefficient (Wildman–Crippen LogP) is 3.61. The maximum Gasteiger partial charge on any atom is 0.195 e. The number of rotatable bonds is 3. The molecule has 0 bridgehead atoms. The van der Waals surface area contributed by atoms with Crippen molar-refractivity contribution in [3.8, 4) is 6.07 Å². The third-order valence-electron chi connectivity index (χ3n) is 4.35. The van der Waals surface area contributed by atoms with E-state index in [9.17, 15) is 0 Å². The largest absolute Gasteiger partial charge is 0.392 e. The van der Waals surface area contributed by atoms with Gasteiger partial charge in [-0.3, -0.25) is 0 Å². The zero-order valence-electron chi connectivity index (χ0n) is 13.7.